The number of hydrogen-bond acceptors (Lipinski definition) is 0. The van der Waals surface area contributed by atoms with Gasteiger partial charge in [-0.05, 0) is 26.2 Å². The summed E-state index contributed by atoms with van der Waals surface area (Å²) in [6, 6.07) is 0. The molecule has 0 rings (SSSR count). The van der Waals surface area contributed by atoms with E-state index in [1.54, 1.807) is 0 Å². The Bertz CT molecular complexity index is 136. The van der Waals surface area contributed by atoms with Crippen LogP contribution in [0.3, 0.4) is 0 Å². The second-order valence-corrected chi connectivity index (χ2v) is 3.58. The minimum Gasteiger partial charge on any atom is -0.127 e. The SMILES string of the molecule is C/C=C/C=C\CCCCCCCCl. The number of halogens is 1. The van der Waals surface area contributed by atoms with Crippen molar-refractivity contribution in [2.45, 2.75) is 45.4 Å². The predicted octanol–water partition coefficient (Wildman–Crippen LogP) is 4.70. The lowest BCUT2D eigenvalue weighted by molar-refractivity contribution is 0.639. The van der Waals surface area contributed by atoms with Crippen LogP contribution < -0.4 is 0 Å². The molecular weight excluding hydrogens is 180 g/mol. The topological polar surface area (TPSA) is 0 Å². The largest absolute Gasteiger partial charge is 0.127 e. The summed E-state index contributed by atoms with van der Waals surface area (Å²) in [6.45, 7) is 2.04. The Morgan fingerprint density at radius 3 is 2.31 bits per heavy atom. The first-order valence-corrected chi connectivity index (χ1v) is 5.79. The van der Waals surface area contributed by atoms with Gasteiger partial charge in [-0.25, -0.2) is 0 Å². The molecule has 0 atom stereocenters. The highest BCUT2D eigenvalue weighted by Gasteiger charge is 1.87. The summed E-state index contributed by atoms with van der Waals surface area (Å²) in [5, 5.41) is 0. The maximum atomic E-state index is 5.58. The molecule has 0 bridgehead atoms. The zero-order valence-corrected chi connectivity index (χ0v) is 9.39. The Morgan fingerprint density at radius 2 is 1.62 bits per heavy atom. The molecule has 0 spiro atoms. The summed E-state index contributed by atoms with van der Waals surface area (Å²) in [5.74, 6) is 0.821. The molecule has 0 heterocycles. The van der Waals surface area contributed by atoms with Crippen LogP contribution >= 0.6 is 11.6 Å². The molecule has 0 fully saturated rings. The van der Waals surface area contributed by atoms with Crippen LogP contribution in [-0.4, -0.2) is 5.88 Å². The summed E-state index contributed by atoms with van der Waals surface area (Å²) in [7, 11) is 0. The first kappa shape index (κ1) is 12.8. The molecule has 13 heavy (non-hydrogen) atoms. The number of hydrogen-bond donors (Lipinski definition) is 0. The molecule has 0 aromatic carbocycles. The Kier molecular flexibility index (Phi) is 11.6. The molecule has 0 saturated heterocycles. The van der Waals surface area contributed by atoms with E-state index in [1.807, 2.05) is 6.92 Å². The number of unbranched alkanes of at least 4 members (excludes halogenated alkanes) is 5. The zero-order chi connectivity index (χ0) is 9.78. The summed E-state index contributed by atoms with van der Waals surface area (Å²) in [4.78, 5) is 0. The quantitative estimate of drug-likeness (QED) is 0.303. The molecule has 1 heteroatoms. The smallest absolute Gasteiger partial charge is 0.0223 e. The van der Waals surface area contributed by atoms with Gasteiger partial charge in [-0.15, -0.1) is 11.6 Å². The van der Waals surface area contributed by atoms with Crippen LogP contribution in [0.1, 0.15) is 45.4 Å². The van der Waals surface area contributed by atoms with Crippen LogP contribution in [0.15, 0.2) is 24.3 Å². The fourth-order valence-electron chi connectivity index (χ4n) is 1.17. The van der Waals surface area contributed by atoms with E-state index in [-0.39, 0.29) is 0 Å². The first-order chi connectivity index (χ1) is 6.41. The summed E-state index contributed by atoms with van der Waals surface area (Å²) in [5.41, 5.74) is 0. The number of alkyl halides is 1. The van der Waals surface area contributed by atoms with Gasteiger partial charge in [0.15, 0.2) is 0 Å². The highest BCUT2D eigenvalue weighted by molar-refractivity contribution is 6.17. The third-order valence-electron chi connectivity index (χ3n) is 1.94. The Morgan fingerprint density at radius 1 is 0.923 bits per heavy atom. The van der Waals surface area contributed by atoms with E-state index in [2.05, 4.69) is 24.3 Å². The molecule has 0 amide bonds. The normalized spacial score (nSPS) is 11.8. The van der Waals surface area contributed by atoms with Gasteiger partial charge < -0.3 is 0 Å². The van der Waals surface area contributed by atoms with Crippen LogP contribution in [0.25, 0.3) is 0 Å². The van der Waals surface area contributed by atoms with E-state index in [0.29, 0.717) is 0 Å². The molecule has 0 aliphatic heterocycles. The molecule has 0 unspecified atom stereocenters. The van der Waals surface area contributed by atoms with Crippen molar-refractivity contribution in [1.82, 2.24) is 0 Å². The molecule has 0 aromatic heterocycles. The van der Waals surface area contributed by atoms with Crippen molar-refractivity contribution >= 4 is 11.6 Å². The van der Waals surface area contributed by atoms with Crippen LogP contribution in [0.2, 0.25) is 0 Å². The Labute approximate surface area is 87.7 Å². The average Bonchev–Trinajstić information content (AvgIpc) is 2.16. The second-order valence-electron chi connectivity index (χ2n) is 3.20. The van der Waals surface area contributed by atoms with E-state index < -0.39 is 0 Å². The summed E-state index contributed by atoms with van der Waals surface area (Å²) >= 11 is 5.58. The molecule has 0 aliphatic rings. The van der Waals surface area contributed by atoms with E-state index in [9.17, 15) is 0 Å². The van der Waals surface area contributed by atoms with Crippen LogP contribution in [0.5, 0.6) is 0 Å². The third-order valence-corrected chi connectivity index (χ3v) is 2.21. The first-order valence-electron chi connectivity index (χ1n) is 5.25. The molecular formula is C12H21Cl. The van der Waals surface area contributed by atoms with Crippen molar-refractivity contribution < 1.29 is 0 Å². The molecule has 0 saturated carbocycles. The van der Waals surface area contributed by atoms with Crippen LogP contribution in [0, 0.1) is 0 Å². The maximum absolute atomic E-state index is 5.58. The molecule has 0 aliphatic carbocycles. The third kappa shape index (κ3) is 11.8. The zero-order valence-electron chi connectivity index (χ0n) is 8.64. The van der Waals surface area contributed by atoms with Crippen molar-refractivity contribution in [2.24, 2.45) is 0 Å². The predicted molar refractivity (Wildman–Crippen MR) is 62.4 cm³/mol. The lowest BCUT2D eigenvalue weighted by Gasteiger charge is -1.96. The van der Waals surface area contributed by atoms with Gasteiger partial charge in [-0.3, -0.25) is 0 Å². The van der Waals surface area contributed by atoms with Crippen molar-refractivity contribution in [3.8, 4) is 0 Å². The molecule has 0 radical (unpaired) electrons. The van der Waals surface area contributed by atoms with E-state index in [0.717, 1.165) is 5.88 Å². The molecule has 76 valence electrons. The van der Waals surface area contributed by atoms with Gasteiger partial charge in [0, 0.05) is 5.88 Å². The van der Waals surface area contributed by atoms with Crippen LogP contribution in [0.4, 0.5) is 0 Å². The minimum atomic E-state index is 0.821. The summed E-state index contributed by atoms with van der Waals surface area (Å²) in [6.07, 6.45) is 16.2. The lowest BCUT2D eigenvalue weighted by Crippen LogP contribution is -1.79. The van der Waals surface area contributed by atoms with Gasteiger partial charge in [-0.1, -0.05) is 43.6 Å². The van der Waals surface area contributed by atoms with Crippen molar-refractivity contribution in [3.63, 3.8) is 0 Å². The van der Waals surface area contributed by atoms with Gasteiger partial charge >= 0.3 is 0 Å². The number of rotatable bonds is 8. The Balaban J connectivity index is 2.99. The Hall–Kier alpha value is -0.230. The van der Waals surface area contributed by atoms with Gasteiger partial charge in [-0.2, -0.15) is 0 Å². The second kappa shape index (κ2) is 11.8. The highest BCUT2D eigenvalue weighted by Crippen LogP contribution is 2.06. The van der Waals surface area contributed by atoms with E-state index >= 15 is 0 Å². The fourth-order valence-corrected chi connectivity index (χ4v) is 1.36. The average molecular weight is 201 g/mol. The minimum absolute atomic E-state index is 0.821. The highest BCUT2D eigenvalue weighted by atomic mass is 35.5. The molecule has 0 aromatic rings. The van der Waals surface area contributed by atoms with Crippen molar-refractivity contribution in [1.29, 1.82) is 0 Å². The molecule has 0 nitrogen and oxygen atoms in total. The maximum Gasteiger partial charge on any atom is 0.0223 e. The lowest BCUT2D eigenvalue weighted by atomic mass is 10.1. The fraction of sp³-hybridized carbons (Fsp3) is 0.667. The van der Waals surface area contributed by atoms with Crippen LogP contribution in [-0.2, 0) is 0 Å². The van der Waals surface area contributed by atoms with E-state index in [4.69, 9.17) is 11.6 Å². The molecule has 0 N–H and O–H groups in total. The van der Waals surface area contributed by atoms with Gasteiger partial charge in [0.1, 0.15) is 0 Å². The van der Waals surface area contributed by atoms with E-state index in [1.165, 1.54) is 38.5 Å². The van der Waals surface area contributed by atoms with Gasteiger partial charge in [0.2, 0.25) is 0 Å². The monoisotopic (exact) mass is 200 g/mol. The van der Waals surface area contributed by atoms with Gasteiger partial charge in [0.05, 0.1) is 0 Å². The van der Waals surface area contributed by atoms with Gasteiger partial charge in [0.25, 0.3) is 0 Å². The van der Waals surface area contributed by atoms with Crippen molar-refractivity contribution in [3.05, 3.63) is 24.3 Å². The number of allylic oxidation sites excluding steroid dienone is 4. The standard InChI is InChI=1S/C12H21Cl/c1-2-3-4-5-6-7-8-9-10-11-12-13/h2-5H,6-12H2,1H3/b3-2+,5-4-. The van der Waals surface area contributed by atoms with Crippen molar-refractivity contribution in [2.75, 3.05) is 5.88 Å². The summed E-state index contributed by atoms with van der Waals surface area (Å²) < 4.78 is 0.